The van der Waals surface area contributed by atoms with Crippen LogP contribution in [0.4, 0.5) is 10.1 Å². The molecule has 0 unspecified atom stereocenters. The average Bonchev–Trinajstić information content (AvgIpc) is 3.20. The molecule has 0 fully saturated rings. The van der Waals surface area contributed by atoms with Crippen molar-refractivity contribution in [2.24, 2.45) is 0 Å². The number of rotatable bonds is 9. The molecule has 1 aromatic heterocycles. The minimum Gasteiger partial charge on any atom is -0.497 e. The van der Waals surface area contributed by atoms with Crippen LogP contribution in [0.25, 0.3) is 5.69 Å². The van der Waals surface area contributed by atoms with Gasteiger partial charge in [0.15, 0.2) is 0 Å². The lowest BCUT2D eigenvalue weighted by molar-refractivity contribution is -0.116. The zero-order chi connectivity index (χ0) is 23.9. The molecule has 7 heteroatoms. The lowest BCUT2D eigenvalue weighted by atomic mass is 10.1. The van der Waals surface area contributed by atoms with Gasteiger partial charge in [-0.25, -0.2) is 9.07 Å². The van der Waals surface area contributed by atoms with Crippen LogP contribution >= 0.6 is 0 Å². The molecule has 1 amide bonds. The van der Waals surface area contributed by atoms with Crippen molar-refractivity contribution in [2.45, 2.75) is 26.2 Å². The number of halogens is 1. The summed E-state index contributed by atoms with van der Waals surface area (Å²) >= 11 is 0. The average molecular weight is 460 g/mol. The Balaban J connectivity index is 1.66. The van der Waals surface area contributed by atoms with Gasteiger partial charge < -0.3 is 14.8 Å². The summed E-state index contributed by atoms with van der Waals surface area (Å²) in [6, 6.07) is 22.7. The molecule has 0 radical (unpaired) electrons. The Kier molecular flexibility index (Phi) is 7.22. The monoisotopic (exact) mass is 459 g/mol. The zero-order valence-corrected chi connectivity index (χ0v) is 19.1. The maximum Gasteiger partial charge on any atom is 0.226 e. The highest BCUT2D eigenvalue weighted by Crippen LogP contribution is 2.33. The van der Waals surface area contributed by atoms with E-state index in [1.165, 1.54) is 12.1 Å². The summed E-state index contributed by atoms with van der Waals surface area (Å²) in [5.41, 5.74) is 3.13. The number of amides is 1. The number of carbonyl (C=O) groups excluding carboxylic acids is 1. The van der Waals surface area contributed by atoms with Crippen LogP contribution in [0.15, 0.2) is 78.9 Å². The fourth-order valence-corrected chi connectivity index (χ4v) is 3.64. The van der Waals surface area contributed by atoms with Gasteiger partial charge in [-0.05, 0) is 61.4 Å². The van der Waals surface area contributed by atoms with Crippen LogP contribution in [0.3, 0.4) is 0 Å². The van der Waals surface area contributed by atoms with E-state index in [0.717, 1.165) is 28.4 Å². The molecule has 0 aliphatic rings. The van der Waals surface area contributed by atoms with Crippen molar-refractivity contribution >= 4 is 11.6 Å². The first-order valence-corrected chi connectivity index (χ1v) is 11.1. The molecule has 3 aromatic carbocycles. The Labute approximate surface area is 198 Å². The number of hydrogen-bond acceptors (Lipinski definition) is 4. The number of aromatic nitrogens is 2. The lowest BCUT2D eigenvalue weighted by Crippen LogP contribution is -2.12. The van der Waals surface area contributed by atoms with Crippen molar-refractivity contribution in [1.82, 2.24) is 9.78 Å². The quantitative estimate of drug-likeness (QED) is 0.336. The van der Waals surface area contributed by atoms with Crippen LogP contribution in [0.1, 0.15) is 24.6 Å². The smallest absolute Gasteiger partial charge is 0.226 e. The number of anilines is 1. The summed E-state index contributed by atoms with van der Waals surface area (Å²) in [6.07, 6.45) is 1.32. The number of ether oxygens (including phenoxy) is 2. The molecule has 4 aromatic rings. The van der Waals surface area contributed by atoms with Crippen LogP contribution in [-0.4, -0.2) is 22.8 Å². The van der Waals surface area contributed by atoms with Crippen LogP contribution in [0, 0.1) is 5.82 Å². The second-order valence-corrected chi connectivity index (χ2v) is 7.67. The molecule has 0 atom stereocenters. The first-order chi connectivity index (χ1) is 16.6. The van der Waals surface area contributed by atoms with Gasteiger partial charge in [0.2, 0.25) is 11.8 Å². The molecular weight excluding hydrogens is 433 g/mol. The van der Waals surface area contributed by atoms with E-state index in [1.807, 2.05) is 61.5 Å². The first kappa shape index (κ1) is 23.0. The van der Waals surface area contributed by atoms with Gasteiger partial charge in [0, 0.05) is 23.7 Å². The van der Waals surface area contributed by atoms with Gasteiger partial charge in [0.25, 0.3) is 0 Å². The molecule has 0 aliphatic heterocycles. The van der Waals surface area contributed by atoms with E-state index in [0.29, 0.717) is 24.5 Å². The number of hydrogen-bond donors (Lipinski definition) is 1. The summed E-state index contributed by atoms with van der Waals surface area (Å²) in [4.78, 5) is 12.6. The van der Waals surface area contributed by atoms with Crippen LogP contribution in [-0.2, 0) is 17.6 Å². The van der Waals surface area contributed by atoms with Crippen molar-refractivity contribution in [3.8, 4) is 23.1 Å². The fourth-order valence-electron chi connectivity index (χ4n) is 3.64. The standard InChI is InChI=1S/C27H26FN3O3/c1-3-25-24(16-17-26(32)29-20-9-5-4-6-10-20)27(34-23-11-7-8-19(28)18-23)31(30-25)21-12-14-22(33-2)15-13-21/h4-15,18H,3,16-17H2,1-2H3,(H,29,32). The van der Waals surface area contributed by atoms with Gasteiger partial charge in [-0.15, -0.1) is 0 Å². The number of aryl methyl sites for hydroxylation is 1. The normalized spacial score (nSPS) is 10.7. The largest absolute Gasteiger partial charge is 0.497 e. The third kappa shape index (κ3) is 5.43. The second-order valence-electron chi connectivity index (χ2n) is 7.67. The minimum absolute atomic E-state index is 0.109. The van der Waals surface area contributed by atoms with E-state index < -0.39 is 5.82 Å². The molecule has 174 valence electrons. The van der Waals surface area contributed by atoms with E-state index >= 15 is 0 Å². The van der Waals surface area contributed by atoms with Crippen molar-refractivity contribution in [1.29, 1.82) is 0 Å². The molecule has 1 N–H and O–H groups in total. The Morgan fingerprint density at radius 1 is 1.00 bits per heavy atom. The summed E-state index contributed by atoms with van der Waals surface area (Å²) in [7, 11) is 1.61. The highest BCUT2D eigenvalue weighted by molar-refractivity contribution is 5.90. The Hall–Kier alpha value is -4.13. The number of carbonyl (C=O) groups is 1. The van der Waals surface area contributed by atoms with E-state index in [1.54, 1.807) is 23.9 Å². The maximum atomic E-state index is 13.8. The molecular formula is C27H26FN3O3. The third-order valence-electron chi connectivity index (χ3n) is 5.34. The summed E-state index contributed by atoms with van der Waals surface area (Å²) < 4.78 is 27.0. The highest BCUT2D eigenvalue weighted by Gasteiger charge is 2.21. The fraction of sp³-hybridized carbons (Fsp3) is 0.185. The van der Waals surface area contributed by atoms with E-state index in [-0.39, 0.29) is 12.3 Å². The predicted molar refractivity (Wildman–Crippen MR) is 129 cm³/mol. The third-order valence-corrected chi connectivity index (χ3v) is 5.34. The molecule has 1 heterocycles. The van der Waals surface area contributed by atoms with Gasteiger partial charge in [-0.3, -0.25) is 4.79 Å². The molecule has 0 bridgehead atoms. The van der Waals surface area contributed by atoms with Gasteiger partial charge in [0.05, 0.1) is 18.5 Å². The minimum atomic E-state index is -0.396. The van der Waals surface area contributed by atoms with Gasteiger partial charge >= 0.3 is 0 Å². The maximum absolute atomic E-state index is 13.8. The van der Waals surface area contributed by atoms with Crippen molar-refractivity contribution in [3.05, 3.63) is 95.9 Å². The molecule has 34 heavy (non-hydrogen) atoms. The highest BCUT2D eigenvalue weighted by atomic mass is 19.1. The molecule has 0 aliphatic carbocycles. The van der Waals surface area contributed by atoms with Crippen molar-refractivity contribution < 1.29 is 18.7 Å². The molecule has 4 rings (SSSR count). The Morgan fingerprint density at radius 2 is 1.76 bits per heavy atom. The van der Waals surface area contributed by atoms with Crippen molar-refractivity contribution in [2.75, 3.05) is 12.4 Å². The number of nitrogens with zero attached hydrogens (tertiary/aromatic N) is 2. The van der Waals surface area contributed by atoms with Crippen LogP contribution in [0.5, 0.6) is 17.4 Å². The topological polar surface area (TPSA) is 65.4 Å². The van der Waals surface area contributed by atoms with Crippen LogP contribution in [0.2, 0.25) is 0 Å². The number of benzene rings is 3. The molecule has 6 nitrogen and oxygen atoms in total. The number of methoxy groups -OCH3 is 1. The predicted octanol–water partition coefficient (Wildman–Crippen LogP) is 5.95. The summed E-state index contributed by atoms with van der Waals surface area (Å²) in [5.74, 6) is 1.03. The zero-order valence-electron chi connectivity index (χ0n) is 19.1. The first-order valence-electron chi connectivity index (χ1n) is 11.1. The van der Waals surface area contributed by atoms with Gasteiger partial charge in [-0.2, -0.15) is 5.10 Å². The Morgan fingerprint density at radius 3 is 2.44 bits per heavy atom. The Bertz CT molecular complexity index is 1250. The van der Waals surface area contributed by atoms with Gasteiger partial charge in [0.1, 0.15) is 17.3 Å². The molecule has 0 saturated carbocycles. The lowest BCUT2D eigenvalue weighted by Gasteiger charge is -2.12. The SMILES string of the molecule is CCc1nn(-c2ccc(OC)cc2)c(Oc2cccc(F)c2)c1CCC(=O)Nc1ccccc1. The van der Waals surface area contributed by atoms with E-state index in [4.69, 9.17) is 14.6 Å². The van der Waals surface area contributed by atoms with E-state index in [2.05, 4.69) is 5.32 Å². The van der Waals surface area contributed by atoms with Crippen LogP contribution < -0.4 is 14.8 Å². The van der Waals surface area contributed by atoms with Gasteiger partial charge in [-0.1, -0.05) is 31.2 Å². The second kappa shape index (κ2) is 10.7. The molecule has 0 saturated heterocycles. The summed E-state index contributed by atoms with van der Waals surface area (Å²) in [5, 5.41) is 7.67. The molecule has 0 spiro atoms. The van der Waals surface area contributed by atoms with E-state index in [9.17, 15) is 9.18 Å². The number of para-hydroxylation sites is 1. The van der Waals surface area contributed by atoms with Crippen molar-refractivity contribution in [3.63, 3.8) is 0 Å². The number of nitrogens with one attached hydrogen (secondary N) is 1. The summed E-state index contributed by atoms with van der Waals surface area (Å²) in [6.45, 7) is 2.00.